The molecule has 1 unspecified atom stereocenters. The van der Waals surface area contributed by atoms with Crippen LogP contribution >= 0.6 is 22.9 Å². The predicted octanol–water partition coefficient (Wildman–Crippen LogP) is 4.72. The third-order valence-electron chi connectivity index (χ3n) is 4.73. The molecule has 0 amide bonds. The summed E-state index contributed by atoms with van der Waals surface area (Å²) in [6, 6.07) is 9.60. The van der Waals surface area contributed by atoms with Crippen molar-refractivity contribution >= 4 is 32.9 Å². The molecule has 0 fully saturated rings. The van der Waals surface area contributed by atoms with Crippen LogP contribution in [0.5, 0.6) is 0 Å². The molecule has 2 N–H and O–H groups in total. The molecule has 0 radical (unpaired) electrons. The molecule has 4 aromatic rings. The van der Waals surface area contributed by atoms with Gasteiger partial charge in [-0.2, -0.15) is 18.3 Å². The second kappa shape index (κ2) is 9.21. The van der Waals surface area contributed by atoms with Crippen molar-refractivity contribution in [2.75, 3.05) is 0 Å². The van der Waals surface area contributed by atoms with Crippen molar-refractivity contribution in [2.24, 2.45) is 5.14 Å². The molecule has 0 aliphatic rings. The first-order chi connectivity index (χ1) is 15.1. The Bertz CT molecular complexity index is 1350. The van der Waals surface area contributed by atoms with Gasteiger partial charge in [0.15, 0.2) is 21.0 Å². The highest BCUT2D eigenvalue weighted by Gasteiger charge is 2.39. The summed E-state index contributed by atoms with van der Waals surface area (Å²) in [7, 11) is -4.32. The molecule has 0 aliphatic carbocycles. The van der Waals surface area contributed by atoms with E-state index in [0.717, 1.165) is 21.8 Å². The summed E-state index contributed by atoms with van der Waals surface area (Å²) in [5.74, 6) is 0. The van der Waals surface area contributed by atoms with Gasteiger partial charge in [-0.05, 0) is 42.8 Å². The molecular formula is C20H18ClF3N5O2S2+. The van der Waals surface area contributed by atoms with Gasteiger partial charge in [0, 0.05) is 21.6 Å². The van der Waals surface area contributed by atoms with E-state index in [0.29, 0.717) is 5.56 Å². The number of alkyl halides is 3. The maximum Gasteiger partial charge on any atom is 0.435 e. The van der Waals surface area contributed by atoms with E-state index in [1.54, 1.807) is 30.8 Å². The molecule has 174 valence electrons. The van der Waals surface area contributed by atoms with Gasteiger partial charge >= 0.3 is 6.18 Å². The standard InChI is InChI=1S/C20H17F3N5O2S2.ClH/c1-2-16-18(13-3-6-15(7-4-13)31-10-9-25-12-31)28(27-19(16)20(21,22)23)14-5-8-17(26-11-14)32(24,29)30;/h3-12H,2H2,1H3,(H2,24,29,30);1H/q+1;. The van der Waals surface area contributed by atoms with E-state index < -0.39 is 26.9 Å². The second-order valence-electron chi connectivity index (χ2n) is 6.77. The summed E-state index contributed by atoms with van der Waals surface area (Å²) in [4.78, 5) is 8.82. The Kier molecular flexibility index (Phi) is 6.93. The number of nitrogens with zero attached hydrogens (tertiary/aromatic N) is 4. The van der Waals surface area contributed by atoms with Crippen molar-refractivity contribution in [1.82, 2.24) is 19.7 Å². The largest absolute Gasteiger partial charge is 0.435 e. The number of hydrogen-bond donors (Lipinski definition) is 1. The minimum absolute atomic E-state index is 0. The number of aromatic nitrogens is 4. The molecule has 3 heterocycles. The molecule has 0 aliphatic heterocycles. The van der Waals surface area contributed by atoms with Gasteiger partial charge in [0.2, 0.25) is 5.51 Å². The average Bonchev–Trinajstić information content (AvgIpc) is 3.41. The number of nitrogens with two attached hydrogens (primary N) is 1. The van der Waals surface area contributed by atoms with Crippen LogP contribution in [0, 0.1) is 0 Å². The molecule has 4 rings (SSSR count). The second-order valence-corrected chi connectivity index (χ2v) is 9.98. The van der Waals surface area contributed by atoms with Crippen LogP contribution in [-0.4, -0.2) is 28.2 Å². The van der Waals surface area contributed by atoms with Crippen LogP contribution < -0.4 is 5.14 Å². The fourth-order valence-corrected chi connectivity index (χ4v) is 4.97. The number of halogens is 4. The number of pyridine rings is 1. The number of benzene rings is 1. The van der Waals surface area contributed by atoms with Gasteiger partial charge in [-0.1, -0.05) is 6.92 Å². The fraction of sp³-hybridized carbons (Fsp3) is 0.150. The topological polar surface area (TPSA) is 104 Å². The third-order valence-corrected chi connectivity index (χ3v) is 7.14. The quantitative estimate of drug-likeness (QED) is 0.387. The monoisotopic (exact) mass is 516 g/mol. The number of rotatable bonds is 5. The van der Waals surface area contributed by atoms with Crippen molar-refractivity contribution in [2.45, 2.75) is 24.5 Å². The van der Waals surface area contributed by atoms with Gasteiger partial charge in [-0.3, -0.25) is 0 Å². The van der Waals surface area contributed by atoms with Crippen LogP contribution in [0.1, 0.15) is 18.2 Å². The zero-order chi connectivity index (χ0) is 23.1. The van der Waals surface area contributed by atoms with Crippen molar-refractivity contribution in [1.29, 1.82) is 0 Å². The van der Waals surface area contributed by atoms with E-state index in [2.05, 4.69) is 15.1 Å². The van der Waals surface area contributed by atoms with E-state index in [1.807, 2.05) is 17.5 Å². The number of thiazole rings is 1. The highest BCUT2D eigenvalue weighted by Crippen LogP contribution is 2.39. The lowest BCUT2D eigenvalue weighted by Gasteiger charge is -2.10. The molecule has 0 spiro atoms. The maximum absolute atomic E-state index is 13.7. The molecular weight excluding hydrogens is 499 g/mol. The van der Waals surface area contributed by atoms with Gasteiger partial charge < -0.3 is 0 Å². The van der Waals surface area contributed by atoms with Gasteiger partial charge in [-0.15, -0.1) is 12.4 Å². The van der Waals surface area contributed by atoms with Gasteiger partial charge in [0.05, 0.1) is 23.8 Å². The molecule has 0 saturated carbocycles. The van der Waals surface area contributed by atoms with Crippen LogP contribution in [0.25, 0.3) is 21.8 Å². The third kappa shape index (κ3) is 4.93. The van der Waals surface area contributed by atoms with Gasteiger partial charge in [0.25, 0.3) is 10.0 Å². The maximum atomic E-state index is 13.7. The Balaban J connectivity index is 0.00000306. The van der Waals surface area contributed by atoms with Crippen LogP contribution in [0.4, 0.5) is 13.2 Å². The summed E-state index contributed by atoms with van der Waals surface area (Å²) in [6.45, 7) is 1.62. The van der Waals surface area contributed by atoms with E-state index in [-0.39, 0.29) is 46.2 Å². The minimum Gasteiger partial charge on any atom is -0.241 e. The van der Waals surface area contributed by atoms with E-state index in [4.69, 9.17) is 5.14 Å². The highest BCUT2D eigenvalue weighted by molar-refractivity contribution is 7.89. The molecule has 1 aromatic carbocycles. The molecule has 7 nitrogen and oxygen atoms in total. The lowest BCUT2D eigenvalue weighted by Crippen LogP contribution is -2.14. The normalized spacial score (nSPS) is 12.5. The summed E-state index contributed by atoms with van der Waals surface area (Å²) in [6.07, 6.45) is -1.74. The zero-order valence-electron chi connectivity index (χ0n) is 17.0. The molecule has 0 saturated heterocycles. The number of primary sulfonamides is 1. The summed E-state index contributed by atoms with van der Waals surface area (Å²) in [5, 5.41) is 10.4. The van der Waals surface area contributed by atoms with Crippen LogP contribution in [0.2, 0.25) is 0 Å². The van der Waals surface area contributed by atoms with Crippen molar-refractivity contribution in [3.8, 4) is 21.8 Å². The van der Waals surface area contributed by atoms with Crippen molar-refractivity contribution < 1.29 is 21.6 Å². The zero-order valence-corrected chi connectivity index (χ0v) is 19.5. The predicted molar refractivity (Wildman–Crippen MR) is 121 cm³/mol. The van der Waals surface area contributed by atoms with Crippen molar-refractivity contribution in [3.05, 3.63) is 70.9 Å². The SMILES string of the molecule is CCc1c(C(F)(F)F)nn(-c2ccc(S(N)(=O)=O)nc2)c1-c1ccc(-[s+]2ccnc2)cc1.Cl. The molecule has 33 heavy (non-hydrogen) atoms. The Hall–Kier alpha value is -2.80. The van der Waals surface area contributed by atoms with Crippen molar-refractivity contribution in [3.63, 3.8) is 0 Å². The fourth-order valence-electron chi connectivity index (χ4n) is 3.31. The first kappa shape index (κ1) is 24.8. The molecule has 13 heteroatoms. The summed E-state index contributed by atoms with van der Waals surface area (Å²) >= 11 is 0. The number of sulfonamides is 1. The smallest absolute Gasteiger partial charge is 0.241 e. The molecule has 0 bridgehead atoms. The first-order valence-electron chi connectivity index (χ1n) is 9.30. The Morgan fingerprint density at radius 3 is 2.30 bits per heavy atom. The lowest BCUT2D eigenvalue weighted by atomic mass is 10.0. The van der Waals surface area contributed by atoms with E-state index >= 15 is 0 Å². The average molecular weight is 517 g/mol. The lowest BCUT2D eigenvalue weighted by molar-refractivity contribution is -0.141. The Labute approximate surface area is 196 Å². The molecule has 1 atom stereocenters. The number of hydrogen-bond acceptors (Lipinski definition) is 5. The van der Waals surface area contributed by atoms with Gasteiger partial charge in [-0.25, -0.2) is 28.2 Å². The Morgan fingerprint density at radius 1 is 1.12 bits per heavy atom. The Morgan fingerprint density at radius 2 is 1.82 bits per heavy atom. The van der Waals surface area contributed by atoms with Crippen LogP contribution in [0.15, 0.2) is 64.7 Å². The van der Waals surface area contributed by atoms with Crippen LogP contribution in [-0.2, 0) is 22.6 Å². The van der Waals surface area contributed by atoms with Gasteiger partial charge in [0.1, 0.15) is 0 Å². The summed E-state index contributed by atoms with van der Waals surface area (Å²) in [5.41, 5.74) is 1.81. The van der Waals surface area contributed by atoms with E-state index in [1.165, 1.54) is 6.07 Å². The van der Waals surface area contributed by atoms with E-state index in [9.17, 15) is 21.6 Å². The molecule has 3 aromatic heterocycles. The first-order valence-corrected chi connectivity index (χ1v) is 12.2. The highest BCUT2D eigenvalue weighted by atomic mass is 35.5. The van der Waals surface area contributed by atoms with Crippen LogP contribution in [0.3, 0.4) is 0 Å². The summed E-state index contributed by atoms with van der Waals surface area (Å²) < 4.78 is 65.3. The minimum atomic E-state index is -4.66.